The van der Waals surface area contributed by atoms with Crippen molar-refractivity contribution < 1.29 is 9.50 Å². The third-order valence-corrected chi connectivity index (χ3v) is 1.98. The van der Waals surface area contributed by atoms with Crippen molar-refractivity contribution in [2.24, 2.45) is 0 Å². The lowest BCUT2D eigenvalue weighted by Gasteiger charge is -2.03. The molecule has 0 bridgehead atoms. The van der Waals surface area contributed by atoms with Gasteiger partial charge in [-0.15, -0.1) is 0 Å². The summed E-state index contributed by atoms with van der Waals surface area (Å²) in [6.07, 6.45) is 0. The van der Waals surface area contributed by atoms with Gasteiger partial charge in [0, 0.05) is 5.02 Å². The van der Waals surface area contributed by atoms with Crippen LogP contribution in [0.2, 0.25) is 5.02 Å². The van der Waals surface area contributed by atoms with E-state index in [4.69, 9.17) is 16.7 Å². The first-order valence-electron chi connectivity index (χ1n) is 3.20. The van der Waals surface area contributed by atoms with Gasteiger partial charge in [0.05, 0.1) is 6.61 Å². The number of aliphatic hydroxyl groups is 1. The number of rotatable bonds is 1. The van der Waals surface area contributed by atoms with Gasteiger partial charge in [0.2, 0.25) is 0 Å². The van der Waals surface area contributed by atoms with Gasteiger partial charge in [0.15, 0.2) is 0 Å². The zero-order chi connectivity index (χ0) is 8.43. The predicted octanol–water partition coefficient (Wildman–Crippen LogP) is 2.28. The monoisotopic (exact) mass is 174 g/mol. The van der Waals surface area contributed by atoms with Crippen LogP contribution in [0.4, 0.5) is 4.39 Å². The van der Waals surface area contributed by atoms with Gasteiger partial charge in [0.1, 0.15) is 5.82 Å². The van der Waals surface area contributed by atoms with Crippen molar-refractivity contribution in [2.75, 3.05) is 0 Å². The highest BCUT2D eigenvalue weighted by atomic mass is 35.5. The van der Waals surface area contributed by atoms with Gasteiger partial charge >= 0.3 is 0 Å². The molecule has 0 saturated carbocycles. The minimum absolute atomic E-state index is 0.177. The molecule has 60 valence electrons. The van der Waals surface area contributed by atoms with E-state index in [9.17, 15) is 4.39 Å². The van der Waals surface area contributed by atoms with Crippen molar-refractivity contribution in [1.29, 1.82) is 0 Å². The number of benzene rings is 1. The van der Waals surface area contributed by atoms with Crippen LogP contribution in [0.25, 0.3) is 0 Å². The first kappa shape index (κ1) is 8.50. The van der Waals surface area contributed by atoms with Crippen LogP contribution in [-0.2, 0) is 6.61 Å². The molecular formula is C8H8ClFO. The smallest absolute Gasteiger partial charge is 0.125 e. The van der Waals surface area contributed by atoms with Crippen LogP contribution >= 0.6 is 11.6 Å². The summed E-state index contributed by atoms with van der Waals surface area (Å²) in [5.74, 6) is -0.412. The molecule has 0 aromatic heterocycles. The van der Waals surface area contributed by atoms with E-state index < -0.39 is 5.82 Å². The highest BCUT2D eigenvalue weighted by molar-refractivity contribution is 6.31. The van der Waals surface area contributed by atoms with E-state index in [1.54, 1.807) is 6.92 Å². The lowest BCUT2D eigenvalue weighted by atomic mass is 10.1. The minimum Gasteiger partial charge on any atom is -0.392 e. The van der Waals surface area contributed by atoms with E-state index in [1.165, 1.54) is 12.1 Å². The lowest BCUT2D eigenvalue weighted by Crippen LogP contribution is -1.91. The van der Waals surface area contributed by atoms with Crippen LogP contribution in [0.5, 0.6) is 0 Å². The van der Waals surface area contributed by atoms with Crippen LogP contribution in [0.3, 0.4) is 0 Å². The summed E-state index contributed by atoms with van der Waals surface area (Å²) >= 11 is 5.65. The molecule has 0 amide bonds. The summed E-state index contributed by atoms with van der Waals surface area (Å²) in [7, 11) is 0. The highest BCUT2D eigenvalue weighted by Crippen LogP contribution is 2.20. The SMILES string of the molecule is Cc1c(Cl)cc(F)cc1CO. The van der Waals surface area contributed by atoms with E-state index in [2.05, 4.69) is 0 Å². The van der Waals surface area contributed by atoms with Crippen LogP contribution in [0.1, 0.15) is 11.1 Å². The van der Waals surface area contributed by atoms with Crippen LogP contribution in [0.15, 0.2) is 12.1 Å². The van der Waals surface area contributed by atoms with Crippen molar-refractivity contribution in [3.63, 3.8) is 0 Å². The Morgan fingerprint density at radius 2 is 2.18 bits per heavy atom. The average Bonchev–Trinajstić information content (AvgIpc) is 1.96. The molecular weight excluding hydrogens is 167 g/mol. The molecule has 0 atom stereocenters. The Bertz CT molecular complexity index is 273. The fourth-order valence-electron chi connectivity index (χ4n) is 0.863. The van der Waals surface area contributed by atoms with E-state index in [-0.39, 0.29) is 6.61 Å². The Balaban J connectivity index is 3.24. The van der Waals surface area contributed by atoms with Crippen LogP contribution in [-0.4, -0.2) is 5.11 Å². The Hall–Kier alpha value is -0.600. The topological polar surface area (TPSA) is 20.2 Å². The van der Waals surface area contributed by atoms with Gasteiger partial charge in [-0.1, -0.05) is 11.6 Å². The Kier molecular flexibility index (Phi) is 2.47. The maximum Gasteiger partial charge on any atom is 0.125 e. The molecule has 1 aromatic carbocycles. The summed E-state index contributed by atoms with van der Waals surface area (Å²) in [5, 5.41) is 9.10. The molecule has 0 radical (unpaired) electrons. The second-order valence-electron chi connectivity index (χ2n) is 2.33. The van der Waals surface area contributed by atoms with Crippen LogP contribution in [0, 0.1) is 12.7 Å². The first-order chi connectivity index (χ1) is 5.15. The summed E-state index contributed by atoms with van der Waals surface area (Å²) in [6.45, 7) is 1.57. The van der Waals surface area contributed by atoms with Crippen molar-refractivity contribution in [1.82, 2.24) is 0 Å². The van der Waals surface area contributed by atoms with E-state index in [1.807, 2.05) is 0 Å². The summed E-state index contributed by atoms with van der Waals surface area (Å²) < 4.78 is 12.6. The number of hydrogen-bond acceptors (Lipinski definition) is 1. The van der Waals surface area contributed by atoms with Crippen molar-refractivity contribution in [3.05, 3.63) is 34.1 Å². The van der Waals surface area contributed by atoms with Gasteiger partial charge in [-0.3, -0.25) is 0 Å². The third kappa shape index (κ3) is 1.70. The van der Waals surface area contributed by atoms with E-state index in [0.717, 1.165) is 5.56 Å². The van der Waals surface area contributed by atoms with Crippen LogP contribution < -0.4 is 0 Å². The largest absolute Gasteiger partial charge is 0.392 e. The summed E-state index contributed by atoms with van der Waals surface area (Å²) in [4.78, 5) is 0. The third-order valence-electron chi connectivity index (χ3n) is 1.59. The second-order valence-corrected chi connectivity index (χ2v) is 2.74. The quantitative estimate of drug-likeness (QED) is 0.693. The molecule has 0 unspecified atom stereocenters. The van der Waals surface area contributed by atoms with Crippen molar-refractivity contribution in [2.45, 2.75) is 13.5 Å². The number of hydrogen-bond donors (Lipinski definition) is 1. The molecule has 0 saturated heterocycles. The van der Waals surface area contributed by atoms with Gasteiger partial charge in [-0.05, 0) is 30.2 Å². The summed E-state index contributed by atoms with van der Waals surface area (Å²) in [5.41, 5.74) is 1.27. The Labute approximate surface area is 69.4 Å². The molecule has 11 heavy (non-hydrogen) atoms. The Morgan fingerprint density at radius 1 is 1.55 bits per heavy atom. The predicted molar refractivity (Wildman–Crippen MR) is 42.1 cm³/mol. The molecule has 3 heteroatoms. The molecule has 0 aliphatic rings. The second kappa shape index (κ2) is 3.20. The molecule has 1 aromatic rings. The maximum atomic E-state index is 12.6. The lowest BCUT2D eigenvalue weighted by molar-refractivity contribution is 0.280. The van der Waals surface area contributed by atoms with Gasteiger partial charge in [-0.2, -0.15) is 0 Å². The molecule has 0 spiro atoms. The van der Waals surface area contributed by atoms with E-state index in [0.29, 0.717) is 10.6 Å². The number of aliphatic hydroxyl groups excluding tert-OH is 1. The van der Waals surface area contributed by atoms with Gasteiger partial charge in [0.25, 0.3) is 0 Å². The first-order valence-corrected chi connectivity index (χ1v) is 3.58. The molecule has 0 heterocycles. The minimum atomic E-state index is -0.412. The summed E-state index contributed by atoms with van der Waals surface area (Å²) in [6, 6.07) is 2.51. The highest BCUT2D eigenvalue weighted by Gasteiger charge is 2.03. The molecule has 1 nitrogen and oxygen atoms in total. The number of halogens is 2. The normalized spacial score (nSPS) is 10.2. The van der Waals surface area contributed by atoms with Crippen molar-refractivity contribution >= 4 is 11.6 Å². The van der Waals surface area contributed by atoms with Gasteiger partial charge < -0.3 is 5.11 Å². The molecule has 0 aliphatic heterocycles. The standard InChI is InChI=1S/C8H8ClFO/c1-5-6(4-11)2-7(10)3-8(5)9/h2-3,11H,4H2,1H3. The average molecular weight is 175 g/mol. The zero-order valence-electron chi connectivity index (χ0n) is 6.06. The molecule has 1 rings (SSSR count). The Morgan fingerprint density at radius 3 is 2.73 bits per heavy atom. The molecule has 0 fully saturated rings. The zero-order valence-corrected chi connectivity index (χ0v) is 6.82. The fraction of sp³-hybridized carbons (Fsp3) is 0.250. The fourth-order valence-corrected chi connectivity index (χ4v) is 1.09. The molecule has 0 aliphatic carbocycles. The maximum absolute atomic E-state index is 12.6. The van der Waals surface area contributed by atoms with Crippen molar-refractivity contribution in [3.8, 4) is 0 Å². The van der Waals surface area contributed by atoms with E-state index >= 15 is 0 Å². The van der Waals surface area contributed by atoms with Gasteiger partial charge in [-0.25, -0.2) is 4.39 Å². The molecule has 1 N–H and O–H groups in total.